The fourth-order valence-corrected chi connectivity index (χ4v) is 2.36. The van der Waals surface area contributed by atoms with Crippen molar-refractivity contribution in [1.29, 1.82) is 0 Å². The van der Waals surface area contributed by atoms with Gasteiger partial charge in [0, 0.05) is 19.6 Å². The highest BCUT2D eigenvalue weighted by atomic mass is 16.2. The van der Waals surface area contributed by atoms with Crippen LogP contribution < -0.4 is 5.32 Å². The molecule has 1 N–H and O–H groups in total. The summed E-state index contributed by atoms with van der Waals surface area (Å²) in [4.78, 5) is 13.9. The number of benzene rings is 1. The molecule has 1 aliphatic rings. The molecule has 1 aromatic carbocycles. The first kappa shape index (κ1) is 12.9. The van der Waals surface area contributed by atoms with Crippen LogP contribution in [0.2, 0.25) is 0 Å². The van der Waals surface area contributed by atoms with Gasteiger partial charge >= 0.3 is 6.03 Å². The maximum absolute atomic E-state index is 11.9. The van der Waals surface area contributed by atoms with Gasteiger partial charge in [0.1, 0.15) is 0 Å². The number of carbonyl (C=O) groups excluding carboxylic acids is 1. The van der Waals surface area contributed by atoms with Crippen molar-refractivity contribution < 1.29 is 4.79 Å². The summed E-state index contributed by atoms with van der Waals surface area (Å²) in [6.07, 6.45) is 1.99. The molecule has 98 valence electrons. The second-order valence-electron chi connectivity index (χ2n) is 5.80. The van der Waals surface area contributed by atoms with Gasteiger partial charge in [-0.05, 0) is 23.8 Å². The Labute approximate surface area is 109 Å². The van der Waals surface area contributed by atoms with E-state index in [-0.39, 0.29) is 11.4 Å². The zero-order valence-electron chi connectivity index (χ0n) is 11.3. The Kier molecular flexibility index (Phi) is 3.90. The molecule has 0 spiro atoms. The van der Waals surface area contributed by atoms with Gasteiger partial charge < -0.3 is 10.2 Å². The molecule has 1 aliphatic heterocycles. The molecule has 1 saturated heterocycles. The van der Waals surface area contributed by atoms with Gasteiger partial charge in [-0.25, -0.2) is 4.79 Å². The summed E-state index contributed by atoms with van der Waals surface area (Å²) in [5.74, 6) is 0. The zero-order chi connectivity index (χ0) is 13.0. The second-order valence-corrected chi connectivity index (χ2v) is 5.80. The average molecular weight is 246 g/mol. The molecule has 0 aromatic heterocycles. The molecule has 0 aliphatic carbocycles. The highest BCUT2D eigenvalue weighted by molar-refractivity contribution is 5.74. The number of rotatable bonds is 3. The average Bonchev–Trinajstić information content (AvgIpc) is 2.71. The molecule has 3 heteroatoms. The summed E-state index contributed by atoms with van der Waals surface area (Å²) in [6.45, 7) is 6.88. The molecule has 0 bridgehead atoms. The van der Waals surface area contributed by atoms with E-state index >= 15 is 0 Å². The number of urea groups is 1. The number of hydrogen-bond donors (Lipinski definition) is 1. The van der Waals surface area contributed by atoms with Gasteiger partial charge in [0.2, 0.25) is 0 Å². The molecule has 18 heavy (non-hydrogen) atoms. The lowest BCUT2D eigenvalue weighted by Gasteiger charge is -2.20. The minimum absolute atomic E-state index is 0.0801. The van der Waals surface area contributed by atoms with E-state index in [0.717, 1.165) is 25.9 Å². The van der Waals surface area contributed by atoms with E-state index in [2.05, 4.69) is 31.3 Å². The van der Waals surface area contributed by atoms with Crippen LogP contribution in [0.5, 0.6) is 0 Å². The van der Waals surface area contributed by atoms with Gasteiger partial charge in [0.25, 0.3) is 0 Å². The molecule has 1 heterocycles. The summed E-state index contributed by atoms with van der Waals surface area (Å²) >= 11 is 0. The Hall–Kier alpha value is -1.51. The Bertz CT molecular complexity index is 400. The standard InChI is InChI=1S/C15H22N2O/c1-15(2)9-11-17(12-15)14(18)16-10-8-13-6-4-3-5-7-13/h3-7H,8-12H2,1-2H3,(H,16,18). The lowest BCUT2D eigenvalue weighted by atomic mass is 9.93. The van der Waals surface area contributed by atoms with Crippen LogP contribution in [0.3, 0.4) is 0 Å². The van der Waals surface area contributed by atoms with Gasteiger partial charge in [-0.3, -0.25) is 0 Å². The monoisotopic (exact) mass is 246 g/mol. The van der Waals surface area contributed by atoms with E-state index < -0.39 is 0 Å². The Morgan fingerprint density at radius 3 is 2.67 bits per heavy atom. The van der Waals surface area contributed by atoms with E-state index in [0.29, 0.717) is 6.54 Å². The van der Waals surface area contributed by atoms with Crippen molar-refractivity contribution in [1.82, 2.24) is 10.2 Å². The van der Waals surface area contributed by atoms with Crippen molar-refractivity contribution in [2.75, 3.05) is 19.6 Å². The van der Waals surface area contributed by atoms with Gasteiger partial charge in [-0.15, -0.1) is 0 Å². The minimum atomic E-state index is 0.0801. The molecule has 3 nitrogen and oxygen atoms in total. The van der Waals surface area contributed by atoms with Crippen LogP contribution in [0.4, 0.5) is 4.79 Å². The molecule has 0 atom stereocenters. The van der Waals surface area contributed by atoms with E-state index in [1.165, 1.54) is 5.56 Å². The summed E-state index contributed by atoms with van der Waals surface area (Å²) < 4.78 is 0. The number of nitrogens with zero attached hydrogens (tertiary/aromatic N) is 1. The normalized spacial score (nSPS) is 17.8. The van der Waals surface area contributed by atoms with Crippen LogP contribution in [0.1, 0.15) is 25.8 Å². The van der Waals surface area contributed by atoms with E-state index in [1.54, 1.807) is 0 Å². The fraction of sp³-hybridized carbons (Fsp3) is 0.533. The van der Waals surface area contributed by atoms with E-state index in [1.807, 2.05) is 23.1 Å². The van der Waals surface area contributed by atoms with Crippen LogP contribution in [0.25, 0.3) is 0 Å². The van der Waals surface area contributed by atoms with Crippen molar-refractivity contribution in [3.8, 4) is 0 Å². The lowest BCUT2D eigenvalue weighted by molar-refractivity contribution is 0.203. The second kappa shape index (κ2) is 5.42. The van der Waals surface area contributed by atoms with E-state index in [9.17, 15) is 4.79 Å². The van der Waals surface area contributed by atoms with Gasteiger partial charge in [0.15, 0.2) is 0 Å². The molecule has 1 fully saturated rings. The SMILES string of the molecule is CC1(C)CCN(C(=O)NCCc2ccccc2)C1. The molecule has 0 unspecified atom stereocenters. The molecule has 0 radical (unpaired) electrons. The van der Waals surface area contributed by atoms with Crippen molar-refractivity contribution >= 4 is 6.03 Å². The number of nitrogens with one attached hydrogen (secondary N) is 1. The predicted molar refractivity (Wildman–Crippen MR) is 73.5 cm³/mol. The summed E-state index contributed by atoms with van der Waals surface area (Å²) in [5.41, 5.74) is 1.54. The quantitative estimate of drug-likeness (QED) is 0.873. The van der Waals surface area contributed by atoms with Crippen molar-refractivity contribution in [3.05, 3.63) is 35.9 Å². The largest absolute Gasteiger partial charge is 0.338 e. The van der Waals surface area contributed by atoms with E-state index in [4.69, 9.17) is 0 Å². The van der Waals surface area contributed by atoms with Crippen LogP contribution in [0, 0.1) is 5.41 Å². The third-order valence-corrected chi connectivity index (χ3v) is 3.50. The van der Waals surface area contributed by atoms with Crippen LogP contribution in [0.15, 0.2) is 30.3 Å². The highest BCUT2D eigenvalue weighted by Crippen LogP contribution is 2.28. The molecule has 0 saturated carbocycles. The number of hydrogen-bond acceptors (Lipinski definition) is 1. The Morgan fingerprint density at radius 1 is 1.33 bits per heavy atom. The summed E-state index contributed by atoms with van der Waals surface area (Å²) in [5, 5.41) is 3.00. The third-order valence-electron chi connectivity index (χ3n) is 3.50. The predicted octanol–water partition coefficient (Wildman–Crippen LogP) is 2.67. The smallest absolute Gasteiger partial charge is 0.317 e. The third kappa shape index (κ3) is 3.49. The Balaban J connectivity index is 1.73. The van der Waals surface area contributed by atoms with Crippen molar-refractivity contribution in [2.24, 2.45) is 5.41 Å². The van der Waals surface area contributed by atoms with Gasteiger partial charge in [-0.1, -0.05) is 44.2 Å². The topological polar surface area (TPSA) is 32.3 Å². The molecule has 2 rings (SSSR count). The lowest BCUT2D eigenvalue weighted by Crippen LogP contribution is -2.40. The van der Waals surface area contributed by atoms with Crippen LogP contribution in [-0.2, 0) is 6.42 Å². The molecule has 1 aromatic rings. The maximum Gasteiger partial charge on any atom is 0.317 e. The van der Waals surface area contributed by atoms with Crippen LogP contribution >= 0.6 is 0 Å². The Morgan fingerprint density at radius 2 is 2.06 bits per heavy atom. The first-order valence-corrected chi connectivity index (χ1v) is 6.64. The molecular formula is C15H22N2O. The van der Waals surface area contributed by atoms with Gasteiger partial charge in [0.05, 0.1) is 0 Å². The molecular weight excluding hydrogens is 224 g/mol. The zero-order valence-corrected chi connectivity index (χ0v) is 11.3. The first-order valence-electron chi connectivity index (χ1n) is 6.64. The maximum atomic E-state index is 11.9. The molecule has 2 amide bonds. The number of likely N-dealkylation sites (tertiary alicyclic amines) is 1. The number of carbonyl (C=O) groups is 1. The van der Waals surface area contributed by atoms with Gasteiger partial charge in [-0.2, -0.15) is 0 Å². The number of amides is 2. The minimum Gasteiger partial charge on any atom is -0.338 e. The highest BCUT2D eigenvalue weighted by Gasteiger charge is 2.31. The van der Waals surface area contributed by atoms with Crippen molar-refractivity contribution in [2.45, 2.75) is 26.7 Å². The van der Waals surface area contributed by atoms with Crippen molar-refractivity contribution in [3.63, 3.8) is 0 Å². The van der Waals surface area contributed by atoms with Crippen LogP contribution in [-0.4, -0.2) is 30.6 Å². The fourth-order valence-electron chi connectivity index (χ4n) is 2.36. The first-order chi connectivity index (χ1) is 8.57. The summed E-state index contributed by atoms with van der Waals surface area (Å²) in [6, 6.07) is 10.3. The summed E-state index contributed by atoms with van der Waals surface area (Å²) in [7, 11) is 0.